The molecule has 31 heavy (non-hydrogen) atoms. The molecule has 1 aliphatic heterocycles. The van der Waals surface area contributed by atoms with Gasteiger partial charge in [-0.15, -0.1) is 0 Å². The lowest BCUT2D eigenvalue weighted by molar-refractivity contribution is 0.0506. The van der Waals surface area contributed by atoms with Gasteiger partial charge in [-0.2, -0.15) is 0 Å². The number of hydrogen-bond donors (Lipinski definition) is 0. The summed E-state index contributed by atoms with van der Waals surface area (Å²) >= 11 is 0. The molecule has 0 saturated heterocycles. The Bertz CT molecular complexity index is 1250. The number of hydrogen-bond acceptors (Lipinski definition) is 5. The summed E-state index contributed by atoms with van der Waals surface area (Å²) < 4.78 is 17.2. The highest BCUT2D eigenvalue weighted by molar-refractivity contribution is 6.07. The first-order valence-corrected chi connectivity index (χ1v) is 10.5. The van der Waals surface area contributed by atoms with E-state index in [0.717, 1.165) is 34.9 Å². The van der Waals surface area contributed by atoms with E-state index >= 15 is 0 Å². The molecule has 0 saturated carbocycles. The molecule has 5 nitrogen and oxygen atoms in total. The average molecular weight is 416 g/mol. The van der Waals surface area contributed by atoms with E-state index in [0.29, 0.717) is 35.9 Å². The smallest absolute Gasteiger partial charge is 0.338 e. The summed E-state index contributed by atoms with van der Waals surface area (Å²) in [7, 11) is 0. The van der Waals surface area contributed by atoms with Crippen molar-refractivity contribution in [2.75, 3.05) is 13.2 Å². The summed E-state index contributed by atoms with van der Waals surface area (Å²) in [4.78, 5) is 24.8. The summed E-state index contributed by atoms with van der Waals surface area (Å²) in [6.07, 6.45) is 1.64. The van der Waals surface area contributed by atoms with Crippen LogP contribution in [0.4, 0.5) is 0 Å². The zero-order chi connectivity index (χ0) is 21.8. The molecule has 0 radical (unpaired) electrons. The SMILES string of the molecule is CCCOC(=O)c1ccccc1-c1c2ccc(=O)cc-2oc2cc(OCCC)ccc12. The fraction of sp³-hybridized carbons (Fsp3) is 0.231. The van der Waals surface area contributed by atoms with Crippen LogP contribution < -0.4 is 10.2 Å². The Morgan fingerprint density at radius 3 is 2.52 bits per heavy atom. The van der Waals surface area contributed by atoms with Crippen molar-refractivity contribution in [2.45, 2.75) is 26.7 Å². The summed E-state index contributed by atoms with van der Waals surface area (Å²) in [6.45, 7) is 4.96. The standard InChI is InChI=1S/C26H24O5/c1-3-13-29-18-10-12-22-24(16-18)31-23-15-17(27)9-11-21(23)25(22)19-7-5-6-8-20(19)26(28)30-14-4-2/h5-12,15-16H,3-4,13-14H2,1-2H3. The number of rotatable bonds is 7. The first kappa shape index (κ1) is 20.7. The minimum atomic E-state index is -0.372. The van der Waals surface area contributed by atoms with Crippen LogP contribution in [0.5, 0.6) is 5.75 Å². The minimum Gasteiger partial charge on any atom is -0.493 e. The second kappa shape index (κ2) is 9.04. The average Bonchev–Trinajstić information content (AvgIpc) is 2.79. The third kappa shape index (κ3) is 4.17. The molecule has 0 aromatic heterocycles. The molecule has 2 aromatic rings. The van der Waals surface area contributed by atoms with Crippen LogP contribution in [0, 0.1) is 0 Å². The highest BCUT2D eigenvalue weighted by Crippen LogP contribution is 2.42. The van der Waals surface area contributed by atoms with E-state index < -0.39 is 0 Å². The van der Waals surface area contributed by atoms with Gasteiger partial charge in [0.25, 0.3) is 0 Å². The third-order valence-corrected chi connectivity index (χ3v) is 4.99. The second-order valence-corrected chi connectivity index (χ2v) is 7.32. The molecule has 0 unspecified atom stereocenters. The Labute approximate surface area is 180 Å². The Balaban J connectivity index is 1.99. The lowest BCUT2D eigenvalue weighted by Gasteiger charge is -2.17. The monoisotopic (exact) mass is 416 g/mol. The maximum atomic E-state index is 12.8. The molecule has 4 rings (SSSR count). The van der Waals surface area contributed by atoms with Crippen molar-refractivity contribution in [3.05, 3.63) is 76.5 Å². The van der Waals surface area contributed by atoms with Gasteiger partial charge in [0.15, 0.2) is 5.43 Å². The molecule has 0 spiro atoms. The first-order chi connectivity index (χ1) is 15.1. The van der Waals surface area contributed by atoms with Crippen molar-refractivity contribution in [1.82, 2.24) is 0 Å². The van der Waals surface area contributed by atoms with Crippen LogP contribution in [0.15, 0.2) is 69.9 Å². The molecule has 0 fully saturated rings. The lowest BCUT2D eigenvalue weighted by atomic mass is 9.91. The minimum absolute atomic E-state index is 0.143. The number of benzene rings is 3. The molecule has 0 N–H and O–H groups in total. The van der Waals surface area contributed by atoms with Crippen LogP contribution in [0.1, 0.15) is 37.0 Å². The van der Waals surface area contributed by atoms with Crippen LogP contribution in [0.2, 0.25) is 0 Å². The van der Waals surface area contributed by atoms with E-state index in [1.165, 1.54) is 12.1 Å². The maximum Gasteiger partial charge on any atom is 0.338 e. The Morgan fingerprint density at radius 2 is 1.71 bits per heavy atom. The van der Waals surface area contributed by atoms with E-state index in [-0.39, 0.29) is 11.4 Å². The van der Waals surface area contributed by atoms with Crippen LogP contribution >= 0.6 is 0 Å². The van der Waals surface area contributed by atoms with Gasteiger partial charge < -0.3 is 13.9 Å². The quantitative estimate of drug-likeness (QED) is 0.276. The molecule has 158 valence electrons. The third-order valence-electron chi connectivity index (χ3n) is 4.99. The zero-order valence-electron chi connectivity index (χ0n) is 17.6. The summed E-state index contributed by atoms with van der Waals surface area (Å²) in [6, 6.07) is 17.7. The summed E-state index contributed by atoms with van der Waals surface area (Å²) in [5, 5.41) is 0.825. The van der Waals surface area contributed by atoms with Gasteiger partial charge in [0.2, 0.25) is 0 Å². The maximum absolute atomic E-state index is 12.8. The Morgan fingerprint density at radius 1 is 0.903 bits per heavy atom. The van der Waals surface area contributed by atoms with Gasteiger partial charge in [-0.1, -0.05) is 32.0 Å². The van der Waals surface area contributed by atoms with E-state index in [2.05, 4.69) is 0 Å². The number of ether oxygens (including phenoxy) is 2. The van der Waals surface area contributed by atoms with E-state index in [1.54, 1.807) is 12.1 Å². The van der Waals surface area contributed by atoms with Crippen LogP contribution in [0.25, 0.3) is 33.4 Å². The molecule has 0 atom stereocenters. The lowest BCUT2D eigenvalue weighted by Crippen LogP contribution is -2.08. The van der Waals surface area contributed by atoms with Gasteiger partial charge in [0.1, 0.15) is 17.1 Å². The largest absolute Gasteiger partial charge is 0.493 e. The predicted molar refractivity (Wildman–Crippen MR) is 121 cm³/mol. The number of esters is 1. The molecule has 2 aliphatic rings. The highest BCUT2D eigenvalue weighted by Gasteiger charge is 2.22. The summed E-state index contributed by atoms with van der Waals surface area (Å²) in [5.41, 5.74) is 3.22. The number of carbonyl (C=O) groups excluding carboxylic acids is 1. The molecule has 2 aromatic carbocycles. The Kier molecular flexibility index (Phi) is 6.03. The van der Waals surface area contributed by atoms with Gasteiger partial charge in [-0.25, -0.2) is 4.79 Å². The zero-order valence-corrected chi connectivity index (χ0v) is 17.6. The molecule has 5 heteroatoms. The van der Waals surface area contributed by atoms with E-state index in [4.69, 9.17) is 13.9 Å². The van der Waals surface area contributed by atoms with Gasteiger partial charge >= 0.3 is 5.97 Å². The molecular weight excluding hydrogens is 392 g/mol. The molecule has 1 heterocycles. The number of carbonyl (C=O) groups is 1. The number of fused-ring (bicyclic) bond motifs is 2. The van der Waals surface area contributed by atoms with Crippen LogP contribution in [-0.2, 0) is 4.74 Å². The Hall–Kier alpha value is -3.60. The van der Waals surface area contributed by atoms with Crippen molar-refractivity contribution >= 4 is 16.9 Å². The molecular formula is C26H24O5. The normalized spacial score (nSPS) is 11.0. The van der Waals surface area contributed by atoms with Crippen molar-refractivity contribution in [3.8, 4) is 28.2 Å². The molecule has 0 amide bonds. The highest BCUT2D eigenvalue weighted by atomic mass is 16.5. The molecule has 0 bridgehead atoms. The fourth-order valence-electron chi connectivity index (χ4n) is 3.60. The van der Waals surface area contributed by atoms with Gasteiger partial charge in [-0.3, -0.25) is 4.79 Å². The van der Waals surface area contributed by atoms with Crippen molar-refractivity contribution in [2.24, 2.45) is 0 Å². The van der Waals surface area contributed by atoms with E-state index in [9.17, 15) is 9.59 Å². The van der Waals surface area contributed by atoms with Gasteiger partial charge in [0.05, 0.1) is 18.8 Å². The van der Waals surface area contributed by atoms with Crippen molar-refractivity contribution < 1.29 is 18.7 Å². The molecule has 1 aliphatic carbocycles. The van der Waals surface area contributed by atoms with Crippen molar-refractivity contribution in [1.29, 1.82) is 0 Å². The van der Waals surface area contributed by atoms with Gasteiger partial charge in [0, 0.05) is 28.6 Å². The summed E-state index contributed by atoms with van der Waals surface area (Å²) in [5.74, 6) is 0.777. The fourth-order valence-corrected chi connectivity index (χ4v) is 3.60. The van der Waals surface area contributed by atoms with E-state index in [1.807, 2.05) is 50.2 Å². The van der Waals surface area contributed by atoms with Crippen LogP contribution in [0.3, 0.4) is 0 Å². The van der Waals surface area contributed by atoms with Crippen LogP contribution in [-0.4, -0.2) is 19.2 Å². The van der Waals surface area contributed by atoms with Crippen molar-refractivity contribution in [3.63, 3.8) is 0 Å². The predicted octanol–water partition coefficient (Wildman–Crippen LogP) is 5.92. The second-order valence-electron chi connectivity index (χ2n) is 7.32. The first-order valence-electron chi connectivity index (χ1n) is 10.5. The van der Waals surface area contributed by atoms with Gasteiger partial charge in [-0.05, 0) is 48.7 Å². The topological polar surface area (TPSA) is 65.7 Å².